The maximum Gasteiger partial charge on any atom is 0.254 e. The van der Waals surface area contributed by atoms with Crippen LogP contribution in [-0.4, -0.2) is 24.4 Å². The van der Waals surface area contributed by atoms with E-state index in [-0.39, 0.29) is 17.7 Å². The Morgan fingerprint density at radius 1 is 1.26 bits per heavy atom. The molecule has 1 aromatic carbocycles. The normalized spacial score (nSPS) is 19.2. The van der Waals surface area contributed by atoms with Crippen LogP contribution in [0.3, 0.4) is 0 Å². The van der Waals surface area contributed by atoms with Gasteiger partial charge >= 0.3 is 0 Å². The molecule has 2 amide bonds. The van der Waals surface area contributed by atoms with Crippen LogP contribution in [0.15, 0.2) is 24.3 Å². The van der Waals surface area contributed by atoms with Gasteiger partial charge in [-0.25, -0.2) is 0 Å². The standard InChI is InChI=1S/C15H20N2O2/c1-4-9-17-12-8-6-5-7-11(12)14(18)16-13(10(2)3)15(17)19/h5-8,10,13H,4,9H2,1-3H3,(H,16,18). The monoisotopic (exact) mass is 260 g/mol. The van der Waals surface area contributed by atoms with Crippen molar-refractivity contribution in [3.05, 3.63) is 29.8 Å². The van der Waals surface area contributed by atoms with E-state index in [1.165, 1.54) is 0 Å². The molecule has 4 heteroatoms. The van der Waals surface area contributed by atoms with E-state index < -0.39 is 6.04 Å². The molecule has 1 aliphatic rings. The van der Waals surface area contributed by atoms with Gasteiger partial charge in [-0.3, -0.25) is 9.59 Å². The summed E-state index contributed by atoms with van der Waals surface area (Å²) >= 11 is 0. The maximum absolute atomic E-state index is 12.6. The van der Waals surface area contributed by atoms with Gasteiger partial charge in [0, 0.05) is 6.54 Å². The molecular weight excluding hydrogens is 240 g/mol. The van der Waals surface area contributed by atoms with Crippen molar-refractivity contribution in [1.82, 2.24) is 5.32 Å². The Balaban J connectivity index is 2.50. The summed E-state index contributed by atoms with van der Waals surface area (Å²) in [5.74, 6) is -0.110. The highest BCUT2D eigenvalue weighted by molar-refractivity contribution is 6.11. The molecular formula is C15H20N2O2. The van der Waals surface area contributed by atoms with E-state index in [4.69, 9.17) is 0 Å². The fourth-order valence-electron chi connectivity index (χ4n) is 2.37. The molecule has 0 aliphatic carbocycles. The second-order valence-electron chi connectivity index (χ2n) is 5.20. The second-order valence-corrected chi connectivity index (χ2v) is 5.20. The van der Waals surface area contributed by atoms with Crippen molar-refractivity contribution >= 4 is 17.5 Å². The highest BCUT2D eigenvalue weighted by atomic mass is 16.2. The number of hydrogen-bond donors (Lipinski definition) is 1. The molecule has 4 nitrogen and oxygen atoms in total. The highest BCUT2D eigenvalue weighted by Crippen LogP contribution is 2.25. The maximum atomic E-state index is 12.6. The van der Waals surface area contributed by atoms with Crippen LogP contribution in [-0.2, 0) is 4.79 Å². The molecule has 1 heterocycles. The van der Waals surface area contributed by atoms with Crippen molar-refractivity contribution in [2.75, 3.05) is 11.4 Å². The van der Waals surface area contributed by atoms with Crippen LogP contribution in [0.2, 0.25) is 0 Å². The van der Waals surface area contributed by atoms with E-state index in [0.29, 0.717) is 12.1 Å². The average molecular weight is 260 g/mol. The van der Waals surface area contributed by atoms with Gasteiger partial charge in [-0.1, -0.05) is 32.9 Å². The van der Waals surface area contributed by atoms with Crippen LogP contribution >= 0.6 is 0 Å². The second kappa shape index (κ2) is 5.43. The molecule has 0 saturated carbocycles. The minimum Gasteiger partial charge on any atom is -0.340 e. The molecule has 0 bridgehead atoms. The van der Waals surface area contributed by atoms with Crippen LogP contribution in [0.4, 0.5) is 5.69 Å². The fraction of sp³-hybridized carbons (Fsp3) is 0.467. The van der Waals surface area contributed by atoms with Crippen LogP contribution in [0.25, 0.3) is 0 Å². The molecule has 1 atom stereocenters. The minimum absolute atomic E-state index is 0.0184. The number of amides is 2. The van der Waals surface area contributed by atoms with Crippen molar-refractivity contribution < 1.29 is 9.59 Å². The lowest BCUT2D eigenvalue weighted by molar-refractivity contribution is -0.121. The van der Waals surface area contributed by atoms with Crippen molar-refractivity contribution in [3.8, 4) is 0 Å². The molecule has 0 aromatic heterocycles. The molecule has 2 rings (SSSR count). The summed E-state index contributed by atoms with van der Waals surface area (Å²) in [5.41, 5.74) is 1.29. The molecule has 1 unspecified atom stereocenters. The summed E-state index contributed by atoms with van der Waals surface area (Å²) in [5, 5.41) is 2.84. The number of nitrogens with zero attached hydrogens (tertiary/aromatic N) is 1. The Kier molecular flexibility index (Phi) is 3.88. The van der Waals surface area contributed by atoms with Crippen molar-refractivity contribution in [2.24, 2.45) is 5.92 Å². The fourth-order valence-corrected chi connectivity index (χ4v) is 2.37. The van der Waals surface area contributed by atoms with Crippen molar-refractivity contribution in [1.29, 1.82) is 0 Å². The first-order valence-electron chi connectivity index (χ1n) is 6.77. The quantitative estimate of drug-likeness (QED) is 0.905. The summed E-state index contributed by atoms with van der Waals surface area (Å²) < 4.78 is 0. The number of benzene rings is 1. The van der Waals surface area contributed by atoms with Crippen LogP contribution < -0.4 is 10.2 Å². The summed E-state index contributed by atoms with van der Waals surface area (Å²) in [6.07, 6.45) is 0.860. The number of carbonyl (C=O) groups is 2. The van der Waals surface area contributed by atoms with E-state index in [2.05, 4.69) is 5.32 Å². The highest BCUT2D eigenvalue weighted by Gasteiger charge is 2.34. The summed E-state index contributed by atoms with van der Waals surface area (Å²) in [7, 11) is 0. The van der Waals surface area contributed by atoms with Crippen LogP contribution in [0.1, 0.15) is 37.6 Å². The predicted octanol–water partition coefficient (Wildman–Crippen LogP) is 2.20. The molecule has 1 aromatic rings. The lowest BCUT2D eigenvalue weighted by Gasteiger charge is -2.26. The smallest absolute Gasteiger partial charge is 0.254 e. The summed E-state index contributed by atoms with van der Waals surface area (Å²) in [4.78, 5) is 26.6. The topological polar surface area (TPSA) is 49.4 Å². The van der Waals surface area contributed by atoms with Gasteiger partial charge in [0.25, 0.3) is 5.91 Å². The van der Waals surface area contributed by atoms with E-state index in [1.807, 2.05) is 39.0 Å². The van der Waals surface area contributed by atoms with Crippen molar-refractivity contribution in [2.45, 2.75) is 33.2 Å². The van der Waals surface area contributed by atoms with Gasteiger partial charge < -0.3 is 10.2 Å². The largest absolute Gasteiger partial charge is 0.340 e. The zero-order valence-corrected chi connectivity index (χ0v) is 11.6. The lowest BCUT2D eigenvalue weighted by atomic mass is 10.0. The molecule has 19 heavy (non-hydrogen) atoms. The molecule has 1 N–H and O–H groups in total. The zero-order chi connectivity index (χ0) is 14.0. The third-order valence-electron chi connectivity index (χ3n) is 3.37. The molecule has 0 spiro atoms. The lowest BCUT2D eigenvalue weighted by Crippen LogP contribution is -2.49. The van der Waals surface area contributed by atoms with Gasteiger partial charge in [0.1, 0.15) is 6.04 Å². The average Bonchev–Trinajstić information content (AvgIpc) is 2.50. The molecule has 1 aliphatic heterocycles. The SMILES string of the molecule is CCCN1C(=O)C(C(C)C)NC(=O)c2ccccc21. The minimum atomic E-state index is -0.452. The van der Waals surface area contributed by atoms with E-state index in [9.17, 15) is 9.59 Å². The third-order valence-corrected chi connectivity index (χ3v) is 3.37. The Morgan fingerprint density at radius 2 is 1.95 bits per heavy atom. The van der Waals surface area contributed by atoms with Crippen LogP contribution in [0, 0.1) is 5.92 Å². The number of hydrogen-bond acceptors (Lipinski definition) is 2. The summed E-state index contributed by atoms with van der Waals surface area (Å²) in [6.45, 7) is 6.56. The van der Waals surface area contributed by atoms with Crippen molar-refractivity contribution in [3.63, 3.8) is 0 Å². The van der Waals surface area contributed by atoms with E-state index in [0.717, 1.165) is 12.1 Å². The van der Waals surface area contributed by atoms with E-state index >= 15 is 0 Å². The molecule has 0 fully saturated rings. The third kappa shape index (κ3) is 2.48. The van der Waals surface area contributed by atoms with Gasteiger partial charge in [0.15, 0.2) is 0 Å². The molecule has 0 saturated heterocycles. The Hall–Kier alpha value is -1.84. The number of anilines is 1. The number of nitrogens with one attached hydrogen (secondary N) is 1. The molecule has 0 radical (unpaired) electrons. The Morgan fingerprint density at radius 3 is 2.58 bits per heavy atom. The number of rotatable bonds is 3. The predicted molar refractivity (Wildman–Crippen MR) is 75.2 cm³/mol. The Bertz CT molecular complexity index is 497. The first-order valence-corrected chi connectivity index (χ1v) is 6.77. The first kappa shape index (κ1) is 13.6. The number of para-hydroxylation sites is 1. The number of carbonyl (C=O) groups excluding carboxylic acids is 2. The molecule has 102 valence electrons. The van der Waals surface area contributed by atoms with Crippen LogP contribution in [0.5, 0.6) is 0 Å². The zero-order valence-electron chi connectivity index (χ0n) is 11.6. The van der Waals surface area contributed by atoms with Gasteiger partial charge in [0.2, 0.25) is 5.91 Å². The Labute approximate surface area is 113 Å². The van der Waals surface area contributed by atoms with Gasteiger partial charge in [0.05, 0.1) is 11.3 Å². The first-order chi connectivity index (χ1) is 9.06. The summed E-state index contributed by atoms with van der Waals surface area (Å²) in [6, 6.07) is 6.83. The number of fused-ring (bicyclic) bond motifs is 1. The van der Waals surface area contributed by atoms with Gasteiger partial charge in [-0.05, 0) is 24.5 Å². The van der Waals surface area contributed by atoms with Gasteiger partial charge in [-0.2, -0.15) is 0 Å². The van der Waals surface area contributed by atoms with E-state index in [1.54, 1.807) is 11.0 Å². The van der Waals surface area contributed by atoms with Gasteiger partial charge in [-0.15, -0.1) is 0 Å².